The zero-order chi connectivity index (χ0) is 31.3. The van der Waals surface area contributed by atoms with Crippen LogP contribution >= 0.6 is 46.4 Å². The molecule has 1 aliphatic carbocycles. The molecule has 0 spiro atoms. The lowest BCUT2D eigenvalue weighted by molar-refractivity contribution is -0.140. The topological polar surface area (TPSA) is 86.8 Å². The van der Waals surface area contributed by atoms with Crippen LogP contribution in [0.1, 0.15) is 50.2 Å². The molecule has 1 N–H and O–H groups in total. The zero-order valence-electron chi connectivity index (χ0n) is 23.8. The summed E-state index contributed by atoms with van der Waals surface area (Å²) in [6.07, 6.45) is 4.09. The Morgan fingerprint density at radius 1 is 0.907 bits per heavy atom. The second-order valence-electron chi connectivity index (χ2n) is 10.6. The van der Waals surface area contributed by atoms with Gasteiger partial charge < -0.3 is 10.2 Å². The first-order valence-corrected chi connectivity index (χ1v) is 16.9. The first kappa shape index (κ1) is 33.4. The van der Waals surface area contributed by atoms with Crippen molar-refractivity contribution in [2.75, 3.05) is 10.8 Å². The molecule has 0 saturated heterocycles. The van der Waals surface area contributed by atoms with Crippen molar-refractivity contribution in [1.82, 2.24) is 10.2 Å². The average molecular weight is 686 g/mol. The predicted molar refractivity (Wildman–Crippen MR) is 174 cm³/mol. The van der Waals surface area contributed by atoms with Crippen LogP contribution in [0.25, 0.3) is 0 Å². The molecule has 3 aromatic carbocycles. The van der Waals surface area contributed by atoms with Crippen molar-refractivity contribution in [3.05, 3.63) is 91.9 Å². The summed E-state index contributed by atoms with van der Waals surface area (Å²) < 4.78 is 29.0. The fourth-order valence-corrected chi connectivity index (χ4v) is 7.55. The van der Waals surface area contributed by atoms with Crippen molar-refractivity contribution in [1.29, 1.82) is 0 Å². The van der Waals surface area contributed by atoms with Crippen LogP contribution in [0.4, 0.5) is 5.69 Å². The summed E-state index contributed by atoms with van der Waals surface area (Å²) in [5.41, 5.74) is 1.54. The number of rotatable bonds is 11. The third-order valence-corrected chi connectivity index (χ3v) is 10.3. The summed E-state index contributed by atoms with van der Waals surface area (Å²) in [5, 5.41) is 4.23. The van der Waals surface area contributed by atoms with E-state index in [0.717, 1.165) is 35.6 Å². The first-order chi connectivity index (χ1) is 20.4. The van der Waals surface area contributed by atoms with Gasteiger partial charge in [0, 0.05) is 32.7 Å². The van der Waals surface area contributed by atoms with E-state index in [4.69, 9.17) is 46.4 Å². The molecule has 1 aliphatic rings. The molecule has 43 heavy (non-hydrogen) atoms. The van der Waals surface area contributed by atoms with Crippen molar-refractivity contribution in [2.24, 2.45) is 0 Å². The number of carbonyl (C=O) groups excluding carboxylic acids is 2. The zero-order valence-corrected chi connectivity index (χ0v) is 27.7. The smallest absolute Gasteiger partial charge is 0.264 e. The van der Waals surface area contributed by atoms with Crippen molar-refractivity contribution >= 4 is 73.9 Å². The van der Waals surface area contributed by atoms with Crippen molar-refractivity contribution < 1.29 is 18.0 Å². The number of nitrogens with zero attached hydrogens (tertiary/aromatic N) is 2. The first-order valence-electron chi connectivity index (χ1n) is 14.0. The third kappa shape index (κ3) is 8.37. The molecule has 0 heterocycles. The largest absolute Gasteiger partial charge is 0.352 e. The molecule has 0 bridgehead atoms. The highest BCUT2D eigenvalue weighted by molar-refractivity contribution is 7.92. The summed E-state index contributed by atoms with van der Waals surface area (Å²) in [7, 11) is -4.27. The van der Waals surface area contributed by atoms with Crippen molar-refractivity contribution in [2.45, 2.75) is 69.5 Å². The Morgan fingerprint density at radius 3 is 2.12 bits per heavy atom. The lowest BCUT2D eigenvalue weighted by Crippen LogP contribution is -2.53. The molecule has 4 rings (SSSR count). The number of benzene rings is 3. The van der Waals surface area contributed by atoms with Gasteiger partial charge in [-0.15, -0.1) is 0 Å². The fraction of sp³-hybridized carbons (Fsp3) is 0.355. The van der Waals surface area contributed by atoms with E-state index in [1.807, 2.05) is 6.92 Å². The van der Waals surface area contributed by atoms with Crippen LogP contribution in [0.2, 0.25) is 20.1 Å². The highest BCUT2D eigenvalue weighted by Crippen LogP contribution is 2.31. The highest BCUT2D eigenvalue weighted by Gasteiger charge is 2.35. The molecule has 0 aromatic heterocycles. The Bertz CT molecular complexity index is 1560. The Morgan fingerprint density at radius 2 is 1.53 bits per heavy atom. The molecule has 0 aliphatic heterocycles. The number of anilines is 1. The van der Waals surface area contributed by atoms with Gasteiger partial charge in [0.15, 0.2) is 0 Å². The molecule has 2 amide bonds. The van der Waals surface area contributed by atoms with Crippen LogP contribution in [0.5, 0.6) is 0 Å². The Balaban J connectivity index is 1.76. The van der Waals surface area contributed by atoms with E-state index in [-0.39, 0.29) is 39.1 Å². The monoisotopic (exact) mass is 683 g/mol. The van der Waals surface area contributed by atoms with Crippen LogP contribution in [0.3, 0.4) is 0 Å². The summed E-state index contributed by atoms with van der Waals surface area (Å²) in [5.74, 6) is -0.905. The SMILES string of the molecule is CC[C@H](C(=O)NC1CCCC1)N(Cc1ccc(Cl)cc1Cl)C(=O)CN(c1cc(Cl)cc(Cl)c1)S(=O)(=O)c1ccc(C)cc1. The molecule has 1 saturated carbocycles. The minimum Gasteiger partial charge on any atom is -0.352 e. The molecule has 12 heteroatoms. The van der Waals surface area contributed by atoms with E-state index in [0.29, 0.717) is 22.0 Å². The summed E-state index contributed by atoms with van der Waals surface area (Å²) in [6, 6.07) is 14.7. The van der Waals surface area contributed by atoms with Gasteiger partial charge in [-0.25, -0.2) is 8.42 Å². The molecule has 1 atom stereocenters. The number of carbonyl (C=O) groups is 2. The standard InChI is InChI=1S/C31H33Cl4N3O4S/c1-3-29(31(40)36-25-6-4-5-7-25)37(18-21-10-11-22(32)17-28(21)35)30(39)19-38(26-15-23(33)14-24(34)16-26)43(41,42)27-12-8-20(2)9-13-27/h8-17,25,29H,3-7,18-19H2,1-2H3,(H,36,40)/t29-/m1/s1. The molecule has 0 unspecified atom stereocenters. The van der Waals surface area contributed by atoms with Crippen LogP contribution in [0, 0.1) is 6.92 Å². The van der Waals surface area contributed by atoms with Crippen molar-refractivity contribution in [3.63, 3.8) is 0 Å². The Labute approximate surface area is 273 Å². The number of sulfonamides is 1. The fourth-order valence-electron chi connectivity index (χ4n) is 5.17. The molecule has 0 radical (unpaired) electrons. The average Bonchev–Trinajstić information content (AvgIpc) is 3.45. The van der Waals surface area contributed by atoms with E-state index in [1.165, 1.54) is 35.2 Å². The lowest BCUT2D eigenvalue weighted by Gasteiger charge is -2.34. The van der Waals surface area contributed by atoms with Gasteiger partial charge in [-0.2, -0.15) is 0 Å². The Hall–Kier alpha value is -2.49. The van der Waals surface area contributed by atoms with Crippen LogP contribution in [-0.2, 0) is 26.2 Å². The van der Waals surface area contributed by atoms with Gasteiger partial charge in [-0.1, -0.05) is 89.9 Å². The van der Waals surface area contributed by atoms with Gasteiger partial charge in [0.2, 0.25) is 11.8 Å². The third-order valence-electron chi connectivity index (χ3n) is 7.47. The minimum atomic E-state index is -4.27. The number of aryl methyl sites for hydroxylation is 1. The van der Waals surface area contributed by atoms with Crippen LogP contribution in [-0.4, -0.2) is 43.8 Å². The number of nitrogens with one attached hydrogen (secondary N) is 1. The lowest BCUT2D eigenvalue weighted by atomic mass is 10.1. The van der Waals surface area contributed by atoms with Crippen LogP contribution in [0.15, 0.2) is 65.6 Å². The van der Waals surface area contributed by atoms with Crippen molar-refractivity contribution in [3.8, 4) is 0 Å². The predicted octanol–water partition coefficient (Wildman–Crippen LogP) is 7.67. The molecule has 1 fully saturated rings. The number of hydrogen-bond donors (Lipinski definition) is 1. The number of halogens is 4. The summed E-state index contributed by atoms with van der Waals surface area (Å²) >= 11 is 25.1. The molecule has 3 aromatic rings. The van der Waals surface area contributed by atoms with Gasteiger partial charge in [0.25, 0.3) is 10.0 Å². The second-order valence-corrected chi connectivity index (χ2v) is 14.2. The maximum absolute atomic E-state index is 14.3. The van der Waals surface area contributed by atoms with Gasteiger partial charge in [0.1, 0.15) is 12.6 Å². The maximum Gasteiger partial charge on any atom is 0.264 e. The van der Waals surface area contributed by atoms with Gasteiger partial charge in [-0.05, 0) is 74.2 Å². The molecular weight excluding hydrogens is 652 g/mol. The van der Waals surface area contributed by atoms with E-state index in [1.54, 1.807) is 37.3 Å². The molecule has 230 valence electrons. The van der Waals surface area contributed by atoms with E-state index < -0.39 is 28.5 Å². The normalized spacial score (nSPS) is 14.4. The molecule has 7 nitrogen and oxygen atoms in total. The Kier molecular flexibility index (Phi) is 11.3. The van der Waals surface area contributed by atoms with E-state index in [9.17, 15) is 18.0 Å². The van der Waals surface area contributed by atoms with Gasteiger partial charge in [-0.3, -0.25) is 13.9 Å². The van der Waals surface area contributed by atoms with Crippen LogP contribution < -0.4 is 9.62 Å². The maximum atomic E-state index is 14.3. The van der Waals surface area contributed by atoms with E-state index in [2.05, 4.69) is 5.32 Å². The molecular formula is C31H33Cl4N3O4S. The second kappa shape index (κ2) is 14.5. The number of hydrogen-bond acceptors (Lipinski definition) is 4. The number of amides is 2. The van der Waals surface area contributed by atoms with Gasteiger partial charge in [0.05, 0.1) is 10.6 Å². The van der Waals surface area contributed by atoms with Gasteiger partial charge >= 0.3 is 0 Å². The minimum absolute atomic E-state index is 0.0136. The highest BCUT2D eigenvalue weighted by atomic mass is 35.5. The quantitative estimate of drug-likeness (QED) is 0.225. The van der Waals surface area contributed by atoms with E-state index >= 15 is 0 Å². The summed E-state index contributed by atoms with van der Waals surface area (Å²) in [6.45, 7) is 2.99. The summed E-state index contributed by atoms with van der Waals surface area (Å²) in [4.78, 5) is 29.2.